The molecule has 0 unspecified atom stereocenters. The molecule has 0 fully saturated rings. The van der Waals surface area contributed by atoms with Gasteiger partial charge < -0.3 is 19.6 Å². The second kappa shape index (κ2) is 7.94. The molecule has 11 heteroatoms. The molecule has 34 heavy (non-hydrogen) atoms. The Morgan fingerprint density at radius 3 is 2.44 bits per heavy atom. The molecule has 176 valence electrons. The summed E-state index contributed by atoms with van der Waals surface area (Å²) in [5.41, 5.74) is -0.695. The number of carbonyl (C=O) groups excluding carboxylic acids is 1. The molecule has 2 aromatic carbocycles. The van der Waals surface area contributed by atoms with Crippen LogP contribution in [0.5, 0.6) is 0 Å². The Kier molecular flexibility index (Phi) is 5.16. The van der Waals surface area contributed by atoms with Gasteiger partial charge in [-0.15, -0.1) is 0 Å². The van der Waals surface area contributed by atoms with Gasteiger partial charge in [-0.3, -0.25) is 9.59 Å². The Morgan fingerprint density at radius 2 is 1.74 bits per heavy atom. The molecule has 2 N–H and O–H groups in total. The first kappa shape index (κ1) is 22.1. The van der Waals surface area contributed by atoms with Crippen molar-refractivity contribution in [1.82, 2.24) is 14.9 Å². The molecule has 1 aliphatic rings. The highest BCUT2D eigenvalue weighted by Crippen LogP contribution is 2.35. The van der Waals surface area contributed by atoms with Crippen molar-refractivity contribution in [3.63, 3.8) is 0 Å². The number of aromatic nitrogens is 2. The Hall–Kier alpha value is -3.73. The van der Waals surface area contributed by atoms with Gasteiger partial charge in [0.2, 0.25) is 0 Å². The minimum Gasteiger partial charge on any atom is -0.373 e. The number of carbonyl (C=O) groups is 1. The minimum absolute atomic E-state index is 0.0124. The number of likely N-dealkylation sites (N-methyl/N-ethyl adjacent to an activating group) is 1. The zero-order valence-corrected chi connectivity index (χ0v) is 17.5. The second-order valence-electron chi connectivity index (χ2n) is 8.01. The summed E-state index contributed by atoms with van der Waals surface area (Å²) in [7, 11) is 1.42. The molecular formula is C23H16F5N3O3. The van der Waals surface area contributed by atoms with Crippen LogP contribution in [0.1, 0.15) is 39.8 Å². The number of amides is 1. The zero-order chi connectivity index (χ0) is 24.3. The third-order valence-electron chi connectivity index (χ3n) is 6.07. The lowest BCUT2D eigenvalue weighted by atomic mass is 9.95. The van der Waals surface area contributed by atoms with Gasteiger partial charge in [0.25, 0.3) is 17.9 Å². The summed E-state index contributed by atoms with van der Waals surface area (Å²) >= 11 is 0. The number of nitrogens with one attached hydrogen (secondary N) is 2. The van der Waals surface area contributed by atoms with E-state index in [1.165, 1.54) is 18.0 Å². The molecular weight excluding hydrogens is 461 g/mol. The van der Waals surface area contributed by atoms with E-state index in [1.54, 1.807) is 0 Å². The fraction of sp³-hybridized carbons (Fsp3) is 0.217. The highest BCUT2D eigenvalue weighted by atomic mass is 19.3. The van der Waals surface area contributed by atoms with Gasteiger partial charge in [-0.1, -0.05) is 0 Å². The van der Waals surface area contributed by atoms with E-state index in [0.717, 1.165) is 24.3 Å². The van der Waals surface area contributed by atoms with Crippen molar-refractivity contribution in [1.29, 1.82) is 0 Å². The van der Waals surface area contributed by atoms with Crippen molar-refractivity contribution in [2.24, 2.45) is 0 Å². The summed E-state index contributed by atoms with van der Waals surface area (Å²) in [5, 5.41) is -0.0864. The topological polar surface area (TPSA) is 78.2 Å². The van der Waals surface area contributed by atoms with Crippen LogP contribution < -0.4 is 5.56 Å². The van der Waals surface area contributed by atoms with E-state index in [4.69, 9.17) is 4.74 Å². The fourth-order valence-corrected chi connectivity index (χ4v) is 4.42. The number of ether oxygens (including phenoxy) is 1. The molecule has 5 rings (SSSR count). The van der Waals surface area contributed by atoms with Crippen molar-refractivity contribution in [3.8, 4) is 0 Å². The van der Waals surface area contributed by atoms with Gasteiger partial charge in [0.1, 0.15) is 11.5 Å². The van der Waals surface area contributed by atoms with Crippen LogP contribution in [0.2, 0.25) is 0 Å². The van der Waals surface area contributed by atoms with Crippen molar-refractivity contribution in [2.75, 3.05) is 13.7 Å². The van der Waals surface area contributed by atoms with Gasteiger partial charge in [0, 0.05) is 29.2 Å². The fourth-order valence-electron chi connectivity index (χ4n) is 4.42. The van der Waals surface area contributed by atoms with E-state index >= 15 is 0 Å². The molecule has 0 aliphatic carbocycles. The maximum Gasteiger partial charge on any atom is 0.270 e. The van der Waals surface area contributed by atoms with Crippen LogP contribution in [0.3, 0.4) is 0 Å². The van der Waals surface area contributed by atoms with Gasteiger partial charge in [-0.05, 0) is 35.7 Å². The van der Waals surface area contributed by atoms with Gasteiger partial charge in [0.15, 0.2) is 11.6 Å². The third-order valence-corrected chi connectivity index (χ3v) is 6.07. The molecule has 0 saturated carbocycles. The van der Waals surface area contributed by atoms with Crippen molar-refractivity contribution in [3.05, 3.63) is 80.7 Å². The number of pyridine rings is 1. The van der Waals surface area contributed by atoms with E-state index in [9.17, 15) is 31.5 Å². The summed E-state index contributed by atoms with van der Waals surface area (Å²) in [6.45, 7) is -0.0338. The smallest absolute Gasteiger partial charge is 0.270 e. The minimum atomic E-state index is -3.09. The van der Waals surface area contributed by atoms with Crippen LogP contribution in [-0.2, 0) is 11.3 Å². The average molecular weight is 477 g/mol. The number of hydrogen-bond donors (Lipinski definition) is 2. The van der Waals surface area contributed by atoms with Crippen LogP contribution in [0, 0.1) is 17.5 Å². The zero-order valence-electron chi connectivity index (χ0n) is 17.5. The van der Waals surface area contributed by atoms with Gasteiger partial charge in [0.05, 0.1) is 30.2 Å². The lowest BCUT2D eigenvalue weighted by molar-refractivity contribution is 0.0333. The number of aromatic amines is 2. The number of halogens is 5. The number of fused-ring (bicyclic) bond motifs is 4. The molecule has 1 atom stereocenters. The number of rotatable bonds is 3. The molecule has 0 bridgehead atoms. The Bertz CT molecular complexity index is 1530. The summed E-state index contributed by atoms with van der Waals surface area (Å²) in [4.78, 5) is 32.2. The Morgan fingerprint density at radius 1 is 1.03 bits per heavy atom. The van der Waals surface area contributed by atoms with E-state index in [1.807, 2.05) is 0 Å². The van der Waals surface area contributed by atoms with Crippen molar-refractivity contribution >= 4 is 27.6 Å². The monoisotopic (exact) mass is 477 g/mol. The molecule has 6 nitrogen and oxygen atoms in total. The molecule has 0 spiro atoms. The summed E-state index contributed by atoms with van der Waals surface area (Å²) in [6, 6.07) is 4.15. The van der Waals surface area contributed by atoms with Crippen LogP contribution in [0.4, 0.5) is 22.0 Å². The average Bonchev–Trinajstić information content (AvgIpc) is 3.22. The highest BCUT2D eigenvalue weighted by Gasteiger charge is 2.32. The molecule has 0 radical (unpaired) electrons. The Balaban J connectivity index is 1.61. The summed E-state index contributed by atoms with van der Waals surface area (Å²) in [5.74, 6) is -4.07. The maximum atomic E-state index is 14.1. The van der Waals surface area contributed by atoms with E-state index in [2.05, 4.69) is 9.97 Å². The van der Waals surface area contributed by atoms with E-state index in [-0.39, 0.29) is 40.6 Å². The van der Waals surface area contributed by atoms with Gasteiger partial charge >= 0.3 is 0 Å². The van der Waals surface area contributed by atoms with Crippen molar-refractivity contribution < 1.29 is 31.5 Å². The van der Waals surface area contributed by atoms with Crippen LogP contribution in [-0.4, -0.2) is 34.4 Å². The number of H-pyrrole nitrogens is 2. The van der Waals surface area contributed by atoms with Gasteiger partial charge in [-0.2, -0.15) is 0 Å². The first-order chi connectivity index (χ1) is 16.2. The molecule has 3 heterocycles. The normalized spacial score (nSPS) is 15.8. The van der Waals surface area contributed by atoms with Gasteiger partial charge in [-0.25, -0.2) is 22.0 Å². The molecule has 0 saturated heterocycles. The van der Waals surface area contributed by atoms with E-state index < -0.39 is 46.9 Å². The number of alkyl halides is 2. The maximum absolute atomic E-state index is 14.1. The molecule has 1 amide bonds. The van der Waals surface area contributed by atoms with Crippen LogP contribution in [0.25, 0.3) is 21.7 Å². The summed E-state index contributed by atoms with van der Waals surface area (Å²) < 4.78 is 74.0. The first-order valence-corrected chi connectivity index (χ1v) is 10.1. The third kappa shape index (κ3) is 3.35. The lowest BCUT2D eigenvalue weighted by Gasteiger charge is -2.33. The molecule has 2 aromatic heterocycles. The first-order valence-electron chi connectivity index (χ1n) is 10.1. The molecule has 1 aliphatic heterocycles. The SMILES string of the molecule is CN(C(=O)c1cc2c(C(F)F)c(F)ccc2[nH]1)[C@@H]1COCc2[nH]c(=O)c3cc(F)c(F)cc3c21. The van der Waals surface area contributed by atoms with Crippen LogP contribution in [0.15, 0.2) is 35.1 Å². The lowest BCUT2D eigenvalue weighted by Crippen LogP contribution is -2.37. The standard InChI is InChI=1S/C23H16F5N3O3/c1-31(23(33)16-6-11-15(29-16)3-2-12(24)19(11)21(27)28)18-8-34-7-17-20(18)9-4-13(25)14(26)5-10(9)22(32)30-17/h2-6,18,21,29H,7-8H2,1H3,(H,30,32)/t18-/m1/s1. The highest BCUT2D eigenvalue weighted by molar-refractivity contribution is 5.99. The largest absolute Gasteiger partial charge is 0.373 e. The van der Waals surface area contributed by atoms with Crippen molar-refractivity contribution in [2.45, 2.75) is 19.1 Å². The number of hydrogen-bond acceptors (Lipinski definition) is 3. The Labute approximate surface area is 187 Å². The van der Waals surface area contributed by atoms with E-state index in [0.29, 0.717) is 11.3 Å². The second-order valence-corrected chi connectivity index (χ2v) is 8.01. The number of nitrogens with zero attached hydrogens (tertiary/aromatic N) is 1. The summed E-state index contributed by atoms with van der Waals surface area (Å²) in [6.07, 6.45) is -3.09. The predicted molar refractivity (Wildman–Crippen MR) is 112 cm³/mol. The number of benzene rings is 2. The predicted octanol–water partition coefficient (Wildman–Crippen LogP) is 4.71. The van der Waals surface area contributed by atoms with Crippen LogP contribution >= 0.6 is 0 Å². The molecule has 4 aromatic rings. The quantitative estimate of drug-likeness (QED) is 0.420.